The van der Waals surface area contributed by atoms with Gasteiger partial charge in [0.05, 0.1) is 5.69 Å². The van der Waals surface area contributed by atoms with E-state index in [0.717, 1.165) is 28.2 Å². The van der Waals surface area contributed by atoms with Crippen molar-refractivity contribution < 1.29 is 4.42 Å². The van der Waals surface area contributed by atoms with Gasteiger partial charge in [-0.05, 0) is 37.9 Å². The van der Waals surface area contributed by atoms with Crippen LogP contribution in [0, 0.1) is 19.3 Å². The first-order valence-corrected chi connectivity index (χ1v) is 7.45. The van der Waals surface area contributed by atoms with Crippen LogP contribution in [0.4, 0.5) is 0 Å². The molecule has 0 radical (unpaired) electrons. The third-order valence-corrected chi connectivity index (χ3v) is 5.36. The van der Waals surface area contributed by atoms with Gasteiger partial charge in [-0.25, -0.2) is 4.98 Å². The van der Waals surface area contributed by atoms with E-state index in [1.54, 1.807) is 11.8 Å². The van der Waals surface area contributed by atoms with Crippen molar-refractivity contribution in [2.24, 2.45) is 5.41 Å². The van der Waals surface area contributed by atoms with Crippen LogP contribution in [-0.4, -0.2) is 16.5 Å². The molecular weight excluding hydrogens is 238 g/mol. The van der Waals surface area contributed by atoms with Crippen molar-refractivity contribution in [2.75, 3.05) is 11.5 Å². The highest BCUT2D eigenvalue weighted by Gasteiger charge is 2.33. The summed E-state index contributed by atoms with van der Waals surface area (Å²) in [5, 5.41) is 0.822. The summed E-state index contributed by atoms with van der Waals surface area (Å²) >= 11 is 6.26. The Labute approximate surface area is 107 Å². The van der Waals surface area contributed by atoms with Crippen LogP contribution >= 0.6 is 24.4 Å². The summed E-state index contributed by atoms with van der Waals surface area (Å²) < 4.78 is 5.59. The first kappa shape index (κ1) is 12.4. The number of nitrogens with zero attached hydrogens (tertiary/aromatic N) is 1. The van der Waals surface area contributed by atoms with Crippen molar-refractivity contribution in [3.8, 4) is 0 Å². The minimum Gasteiger partial charge on any atom is -0.437 e. The third-order valence-electron chi connectivity index (χ3n) is 3.51. The second kappa shape index (κ2) is 5.05. The minimum atomic E-state index is 0.421. The number of oxazole rings is 1. The van der Waals surface area contributed by atoms with Gasteiger partial charge in [0.15, 0.2) is 0 Å². The lowest BCUT2D eigenvalue weighted by molar-refractivity contribution is 0.395. The van der Waals surface area contributed by atoms with Gasteiger partial charge in [0, 0.05) is 5.75 Å². The predicted molar refractivity (Wildman–Crippen MR) is 71.5 cm³/mol. The molecule has 0 atom stereocenters. The zero-order chi connectivity index (χ0) is 11.6. The van der Waals surface area contributed by atoms with Gasteiger partial charge in [0.2, 0.25) is 0 Å². The van der Waals surface area contributed by atoms with Gasteiger partial charge in [-0.15, -0.1) is 0 Å². The first-order chi connectivity index (χ1) is 7.65. The lowest BCUT2D eigenvalue weighted by Gasteiger charge is -2.25. The van der Waals surface area contributed by atoms with Crippen LogP contribution in [0.5, 0.6) is 0 Å². The SMILES string of the molecule is Cc1nc(SCC2(CS)CCCC2)oc1C. The second-order valence-corrected chi connectivity index (χ2v) is 6.02. The number of thioether (sulfide) groups is 1. The number of hydrogen-bond acceptors (Lipinski definition) is 4. The summed E-state index contributed by atoms with van der Waals surface area (Å²) in [7, 11) is 0. The summed E-state index contributed by atoms with van der Waals surface area (Å²) in [6.45, 7) is 3.96. The Bertz CT molecular complexity index is 336. The molecule has 16 heavy (non-hydrogen) atoms. The van der Waals surface area contributed by atoms with E-state index in [-0.39, 0.29) is 0 Å². The van der Waals surface area contributed by atoms with Crippen LogP contribution in [0.25, 0.3) is 0 Å². The first-order valence-electron chi connectivity index (χ1n) is 5.83. The van der Waals surface area contributed by atoms with Crippen molar-refractivity contribution in [1.29, 1.82) is 0 Å². The highest BCUT2D eigenvalue weighted by atomic mass is 32.2. The summed E-state index contributed by atoms with van der Waals surface area (Å²) in [4.78, 5) is 4.41. The summed E-state index contributed by atoms with van der Waals surface area (Å²) in [5.41, 5.74) is 1.43. The van der Waals surface area contributed by atoms with E-state index >= 15 is 0 Å². The monoisotopic (exact) mass is 257 g/mol. The Morgan fingerprint density at radius 2 is 2.06 bits per heavy atom. The van der Waals surface area contributed by atoms with Crippen LogP contribution in [-0.2, 0) is 0 Å². The van der Waals surface area contributed by atoms with Crippen molar-refractivity contribution in [2.45, 2.75) is 44.8 Å². The zero-order valence-electron chi connectivity index (χ0n) is 9.95. The van der Waals surface area contributed by atoms with Crippen LogP contribution < -0.4 is 0 Å². The smallest absolute Gasteiger partial charge is 0.256 e. The van der Waals surface area contributed by atoms with Gasteiger partial charge in [0.1, 0.15) is 5.76 Å². The van der Waals surface area contributed by atoms with E-state index in [1.165, 1.54) is 25.7 Å². The molecule has 1 aromatic heterocycles. The number of aryl methyl sites for hydroxylation is 2. The maximum atomic E-state index is 5.59. The topological polar surface area (TPSA) is 26.0 Å². The largest absolute Gasteiger partial charge is 0.437 e. The van der Waals surface area contributed by atoms with Crippen LogP contribution in [0.15, 0.2) is 9.64 Å². The van der Waals surface area contributed by atoms with E-state index < -0.39 is 0 Å². The number of rotatable bonds is 4. The summed E-state index contributed by atoms with van der Waals surface area (Å²) in [6.07, 6.45) is 5.32. The van der Waals surface area contributed by atoms with Crippen LogP contribution in [0.3, 0.4) is 0 Å². The number of aromatic nitrogens is 1. The van der Waals surface area contributed by atoms with Crippen molar-refractivity contribution in [3.05, 3.63) is 11.5 Å². The van der Waals surface area contributed by atoms with Gasteiger partial charge < -0.3 is 4.42 Å². The van der Waals surface area contributed by atoms with Gasteiger partial charge in [0.25, 0.3) is 5.22 Å². The maximum absolute atomic E-state index is 5.59. The Hall–Kier alpha value is -0.0900. The lowest BCUT2D eigenvalue weighted by atomic mass is 9.91. The lowest BCUT2D eigenvalue weighted by Crippen LogP contribution is -2.21. The molecule has 1 aliphatic carbocycles. The number of hydrogen-bond donors (Lipinski definition) is 1. The van der Waals surface area contributed by atoms with Gasteiger partial charge in [-0.3, -0.25) is 0 Å². The molecule has 0 amide bonds. The summed E-state index contributed by atoms with van der Waals surface area (Å²) in [6, 6.07) is 0. The van der Waals surface area contributed by atoms with E-state index in [4.69, 9.17) is 4.42 Å². The molecule has 0 bridgehead atoms. The van der Waals surface area contributed by atoms with Gasteiger partial charge in [-0.2, -0.15) is 12.6 Å². The Kier molecular flexibility index (Phi) is 3.90. The molecule has 0 unspecified atom stereocenters. The van der Waals surface area contributed by atoms with Crippen molar-refractivity contribution in [1.82, 2.24) is 4.98 Å². The molecule has 0 aliphatic heterocycles. The molecule has 1 fully saturated rings. The molecule has 1 aliphatic rings. The molecule has 0 spiro atoms. The van der Waals surface area contributed by atoms with Crippen molar-refractivity contribution in [3.63, 3.8) is 0 Å². The molecule has 0 N–H and O–H groups in total. The Morgan fingerprint density at radius 1 is 1.38 bits per heavy atom. The fourth-order valence-electron chi connectivity index (χ4n) is 2.19. The van der Waals surface area contributed by atoms with Crippen LogP contribution in [0.1, 0.15) is 37.1 Å². The molecule has 4 heteroatoms. The van der Waals surface area contributed by atoms with Crippen LogP contribution in [0.2, 0.25) is 0 Å². The normalized spacial score (nSPS) is 19.2. The maximum Gasteiger partial charge on any atom is 0.256 e. The highest BCUT2D eigenvalue weighted by Crippen LogP contribution is 2.42. The molecule has 90 valence electrons. The van der Waals surface area contributed by atoms with Crippen molar-refractivity contribution >= 4 is 24.4 Å². The van der Waals surface area contributed by atoms with Gasteiger partial charge in [-0.1, -0.05) is 24.6 Å². The van der Waals surface area contributed by atoms with E-state index in [0.29, 0.717) is 5.41 Å². The van der Waals surface area contributed by atoms with E-state index in [1.807, 2.05) is 13.8 Å². The second-order valence-electron chi connectivity index (χ2n) is 4.78. The molecular formula is C12H19NOS2. The van der Waals surface area contributed by atoms with Gasteiger partial charge >= 0.3 is 0 Å². The summed E-state index contributed by atoms with van der Waals surface area (Å²) in [5.74, 6) is 3.02. The minimum absolute atomic E-state index is 0.421. The third kappa shape index (κ3) is 2.59. The standard InChI is InChI=1S/C12H19NOS2/c1-9-10(2)14-11(13-9)16-8-12(7-15)5-3-4-6-12/h15H,3-8H2,1-2H3. The van der Waals surface area contributed by atoms with E-state index in [2.05, 4.69) is 17.6 Å². The fraction of sp³-hybridized carbons (Fsp3) is 0.750. The molecule has 2 nitrogen and oxygen atoms in total. The Morgan fingerprint density at radius 3 is 2.56 bits per heavy atom. The molecule has 1 saturated carbocycles. The molecule has 1 heterocycles. The quantitative estimate of drug-likeness (QED) is 0.655. The average Bonchev–Trinajstić information content (AvgIpc) is 2.85. The number of thiol groups is 1. The molecule has 0 aromatic carbocycles. The molecule has 1 aromatic rings. The average molecular weight is 257 g/mol. The highest BCUT2D eigenvalue weighted by molar-refractivity contribution is 7.99. The van der Waals surface area contributed by atoms with E-state index in [9.17, 15) is 0 Å². The zero-order valence-corrected chi connectivity index (χ0v) is 11.7. The molecule has 2 rings (SSSR count). The predicted octanol–water partition coefficient (Wildman–Crippen LogP) is 3.87. The molecule has 0 saturated heterocycles. The fourth-order valence-corrected chi connectivity index (χ4v) is 3.98. The Balaban J connectivity index is 1.95.